The first-order chi connectivity index (χ1) is 14.0. The van der Waals surface area contributed by atoms with E-state index in [1.807, 2.05) is 6.07 Å². The topological polar surface area (TPSA) is 90.2 Å². The van der Waals surface area contributed by atoms with E-state index < -0.39 is 30.1 Å². The molecule has 2 atom stereocenters. The summed E-state index contributed by atoms with van der Waals surface area (Å²) in [5, 5.41) is 32.1. The number of aryl methyl sites for hydroxylation is 1. The molecule has 3 rings (SSSR count). The van der Waals surface area contributed by atoms with E-state index in [1.165, 1.54) is 11.0 Å². The quantitative estimate of drug-likeness (QED) is 0.634. The van der Waals surface area contributed by atoms with Crippen molar-refractivity contribution in [3.63, 3.8) is 0 Å². The number of aliphatic hydroxyl groups excluding tert-OH is 1. The van der Waals surface area contributed by atoms with Crippen LogP contribution in [-0.4, -0.2) is 44.6 Å². The van der Waals surface area contributed by atoms with Gasteiger partial charge in [0.25, 0.3) is 0 Å². The average molecular weight is 434 g/mol. The molecule has 30 heavy (non-hydrogen) atoms. The summed E-state index contributed by atoms with van der Waals surface area (Å²) >= 11 is 6.11. The third-order valence-corrected chi connectivity index (χ3v) is 5.49. The van der Waals surface area contributed by atoms with Gasteiger partial charge >= 0.3 is 6.09 Å². The molecule has 2 aromatic rings. The van der Waals surface area contributed by atoms with Gasteiger partial charge in [0, 0.05) is 16.6 Å². The lowest BCUT2D eigenvalue weighted by Crippen LogP contribution is -2.58. The largest absolute Gasteiger partial charge is 0.508 e. The van der Waals surface area contributed by atoms with Gasteiger partial charge in [-0.2, -0.15) is 0 Å². The molecule has 0 bridgehead atoms. The van der Waals surface area contributed by atoms with E-state index in [1.54, 1.807) is 51.1 Å². The maximum absolute atomic E-state index is 13.3. The monoisotopic (exact) mass is 433 g/mol. The molecule has 3 N–H and O–H groups in total. The Morgan fingerprint density at radius 1 is 1.20 bits per heavy atom. The molecule has 0 saturated heterocycles. The highest BCUT2D eigenvalue weighted by Crippen LogP contribution is 2.36. The van der Waals surface area contributed by atoms with Gasteiger partial charge in [-0.1, -0.05) is 29.8 Å². The highest BCUT2D eigenvalue weighted by atomic mass is 35.5. The number of fused-ring (bicyclic) bond motifs is 1. The molecule has 0 heterocycles. The molecular weight excluding hydrogens is 406 g/mol. The molecule has 2 aromatic carbocycles. The van der Waals surface area contributed by atoms with Crippen LogP contribution in [0, 0.1) is 0 Å². The van der Waals surface area contributed by atoms with Crippen LogP contribution in [0.15, 0.2) is 42.5 Å². The lowest BCUT2D eigenvalue weighted by Gasteiger charge is -2.45. The number of phenolic OH excluding ortho intramolecular Hbond substituents is 1. The van der Waals surface area contributed by atoms with Crippen molar-refractivity contribution in [2.24, 2.45) is 0 Å². The molecule has 2 unspecified atom stereocenters. The second-order valence-corrected chi connectivity index (χ2v) is 9.12. The third-order valence-electron chi connectivity index (χ3n) is 5.25. The van der Waals surface area contributed by atoms with E-state index in [2.05, 4.69) is 0 Å². The van der Waals surface area contributed by atoms with E-state index in [4.69, 9.17) is 16.3 Å². The molecule has 7 heteroatoms. The zero-order chi connectivity index (χ0) is 22.1. The van der Waals surface area contributed by atoms with E-state index in [0.717, 1.165) is 11.1 Å². The average Bonchev–Trinajstić information content (AvgIpc) is 2.66. The standard InChI is InChI=1S/C23H28ClNO5/c1-22(2,3)30-21(28)25(23(29,14-26)17-5-4-6-18(24)13-17)19-9-7-15-8-10-20(27)12-16(15)11-19/h4-6,8,10,12-13,19,26-27,29H,7,9,11,14H2,1-3H3. The third kappa shape index (κ3) is 4.72. The number of aromatic hydroxyl groups is 1. The van der Waals surface area contributed by atoms with Crippen molar-refractivity contribution in [1.29, 1.82) is 0 Å². The van der Waals surface area contributed by atoms with Crippen molar-refractivity contribution in [2.45, 2.75) is 57.4 Å². The van der Waals surface area contributed by atoms with Crippen LogP contribution in [0.2, 0.25) is 5.02 Å². The summed E-state index contributed by atoms with van der Waals surface area (Å²) in [5.74, 6) is 0.144. The number of rotatable bonds is 4. The van der Waals surface area contributed by atoms with Gasteiger partial charge in [0.2, 0.25) is 0 Å². The van der Waals surface area contributed by atoms with Crippen molar-refractivity contribution >= 4 is 17.7 Å². The molecule has 0 aromatic heterocycles. The predicted octanol–water partition coefficient (Wildman–Crippen LogP) is 3.98. The molecule has 0 radical (unpaired) electrons. The summed E-state index contributed by atoms with van der Waals surface area (Å²) in [6.45, 7) is 4.51. The van der Waals surface area contributed by atoms with Crippen LogP contribution in [0.5, 0.6) is 5.75 Å². The lowest BCUT2D eigenvalue weighted by atomic mass is 9.85. The van der Waals surface area contributed by atoms with Gasteiger partial charge in [0.15, 0.2) is 5.72 Å². The highest BCUT2D eigenvalue weighted by Gasteiger charge is 2.46. The van der Waals surface area contributed by atoms with Gasteiger partial charge in [-0.05, 0) is 75.4 Å². The van der Waals surface area contributed by atoms with E-state index in [9.17, 15) is 20.1 Å². The van der Waals surface area contributed by atoms with Crippen LogP contribution in [0.4, 0.5) is 4.79 Å². The summed E-state index contributed by atoms with van der Waals surface area (Å²) in [5.41, 5.74) is -0.531. The lowest BCUT2D eigenvalue weighted by molar-refractivity contribution is -0.156. The maximum atomic E-state index is 13.3. The summed E-state index contributed by atoms with van der Waals surface area (Å²) < 4.78 is 5.60. The Labute approximate surface area is 181 Å². The van der Waals surface area contributed by atoms with Crippen LogP contribution in [-0.2, 0) is 23.3 Å². The molecule has 162 valence electrons. The maximum Gasteiger partial charge on any atom is 0.413 e. The number of hydrogen-bond acceptors (Lipinski definition) is 5. The van der Waals surface area contributed by atoms with Crippen molar-refractivity contribution < 1.29 is 24.9 Å². The van der Waals surface area contributed by atoms with Gasteiger partial charge in [0.1, 0.15) is 11.4 Å². The highest BCUT2D eigenvalue weighted by molar-refractivity contribution is 6.30. The molecule has 0 saturated carbocycles. The van der Waals surface area contributed by atoms with Crippen LogP contribution in [0.25, 0.3) is 0 Å². The van der Waals surface area contributed by atoms with Crippen molar-refractivity contribution in [2.75, 3.05) is 6.61 Å². The number of hydrogen-bond donors (Lipinski definition) is 3. The molecule has 1 amide bonds. The van der Waals surface area contributed by atoms with Crippen molar-refractivity contribution in [3.05, 3.63) is 64.2 Å². The smallest absolute Gasteiger partial charge is 0.413 e. The Morgan fingerprint density at radius 2 is 1.93 bits per heavy atom. The van der Waals surface area contributed by atoms with Crippen LogP contribution < -0.4 is 0 Å². The number of phenols is 1. The molecule has 1 aliphatic rings. The summed E-state index contributed by atoms with van der Waals surface area (Å²) in [4.78, 5) is 14.5. The van der Waals surface area contributed by atoms with Gasteiger partial charge in [-0.25, -0.2) is 4.79 Å². The number of benzene rings is 2. The number of carbonyl (C=O) groups is 1. The second-order valence-electron chi connectivity index (χ2n) is 8.69. The minimum Gasteiger partial charge on any atom is -0.508 e. The predicted molar refractivity (Wildman–Crippen MR) is 114 cm³/mol. The Bertz CT molecular complexity index is 926. The van der Waals surface area contributed by atoms with Crippen LogP contribution in [0.3, 0.4) is 0 Å². The van der Waals surface area contributed by atoms with E-state index in [-0.39, 0.29) is 5.75 Å². The summed E-state index contributed by atoms with van der Waals surface area (Å²) in [6, 6.07) is 11.2. The zero-order valence-corrected chi connectivity index (χ0v) is 18.2. The van der Waals surface area contributed by atoms with Gasteiger partial charge in [-0.15, -0.1) is 0 Å². The minimum absolute atomic E-state index is 0.144. The normalized spacial score (nSPS) is 18.3. The van der Waals surface area contributed by atoms with Crippen molar-refractivity contribution in [3.8, 4) is 5.75 Å². The van der Waals surface area contributed by atoms with Crippen molar-refractivity contribution in [1.82, 2.24) is 4.90 Å². The Hall–Kier alpha value is -2.28. The van der Waals surface area contributed by atoms with Gasteiger partial charge in [0.05, 0.1) is 6.61 Å². The second kappa shape index (κ2) is 8.46. The van der Waals surface area contributed by atoms with E-state index >= 15 is 0 Å². The summed E-state index contributed by atoms with van der Waals surface area (Å²) in [6.07, 6.45) is 0.912. The first-order valence-corrected chi connectivity index (χ1v) is 10.3. The number of halogens is 1. The van der Waals surface area contributed by atoms with E-state index in [0.29, 0.717) is 29.8 Å². The number of aliphatic hydroxyl groups is 2. The summed E-state index contributed by atoms with van der Waals surface area (Å²) in [7, 11) is 0. The number of amides is 1. The van der Waals surface area contributed by atoms with Gasteiger partial charge < -0.3 is 20.1 Å². The molecular formula is C23H28ClNO5. The Balaban J connectivity index is 2.05. The van der Waals surface area contributed by atoms with Crippen LogP contribution >= 0.6 is 11.6 Å². The first-order valence-electron chi connectivity index (χ1n) is 9.96. The number of carbonyl (C=O) groups excluding carboxylic acids is 1. The molecule has 0 fully saturated rings. The Kier molecular flexibility index (Phi) is 6.32. The van der Waals surface area contributed by atoms with Gasteiger partial charge in [-0.3, -0.25) is 4.90 Å². The fourth-order valence-corrected chi connectivity index (χ4v) is 4.09. The SMILES string of the molecule is CC(C)(C)OC(=O)N(C1CCc2ccc(O)cc2C1)C(O)(CO)c1cccc(Cl)c1. The number of nitrogens with zero attached hydrogens (tertiary/aromatic N) is 1. The fourth-order valence-electron chi connectivity index (χ4n) is 3.90. The zero-order valence-electron chi connectivity index (χ0n) is 17.4. The minimum atomic E-state index is -2.02. The number of ether oxygens (including phenoxy) is 1. The molecule has 6 nitrogen and oxygen atoms in total. The molecule has 1 aliphatic carbocycles. The first kappa shape index (κ1) is 22.4. The fraction of sp³-hybridized carbons (Fsp3) is 0.435. The molecule has 0 spiro atoms. The molecule has 0 aliphatic heterocycles. The van der Waals surface area contributed by atoms with Crippen LogP contribution in [0.1, 0.15) is 43.9 Å². The Morgan fingerprint density at radius 3 is 2.57 bits per heavy atom.